The number of rotatable bonds is 7. The molecule has 0 spiro atoms. The molecular formula is C15H12ClF3N2O5S. The second-order valence-corrected chi connectivity index (χ2v) is 7.64. The third-order valence-electron chi connectivity index (χ3n) is 3.54. The van der Waals surface area contributed by atoms with Gasteiger partial charge in [-0.2, -0.15) is 8.78 Å². The normalized spacial score (nSPS) is 12.8. The summed E-state index contributed by atoms with van der Waals surface area (Å²) in [4.78, 5) is 9.26. The van der Waals surface area contributed by atoms with Crippen LogP contribution in [0.1, 0.15) is 11.7 Å². The number of sulfone groups is 1. The van der Waals surface area contributed by atoms with E-state index in [0.29, 0.717) is 6.07 Å². The van der Waals surface area contributed by atoms with Gasteiger partial charge < -0.3 is 10.4 Å². The number of nitrogens with one attached hydrogen (secondary N) is 1. The quantitative estimate of drug-likeness (QED) is 0.519. The molecule has 2 N–H and O–H groups in total. The Morgan fingerprint density at radius 2 is 1.89 bits per heavy atom. The van der Waals surface area contributed by atoms with Crippen LogP contribution < -0.4 is 5.32 Å². The topological polar surface area (TPSA) is 110 Å². The van der Waals surface area contributed by atoms with E-state index < -0.39 is 43.0 Å². The fourth-order valence-corrected chi connectivity index (χ4v) is 2.99. The van der Waals surface area contributed by atoms with Crippen LogP contribution in [0, 0.1) is 15.9 Å². The van der Waals surface area contributed by atoms with Crippen molar-refractivity contribution in [2.75, 3.05) is 11.9 Å². The van der Waals surface area contributed by atoms with Crippen LogP contribution in [0.2, 0.25) is 5.02 Å². The third-order valence-corrected chi connectivity index (χ3v) is 5.23. The van der Waals surface area contributed by atoms with Crippen LogP contribution in [0.4, 0.5) is 24.5 Å². The molecule has 0 aromatic heterocycles. The zero-order valence-corrected chi connectivity index (χ0v) is 14.8. The van der Waals surface area contributed by atoms with Crippen molar-refractivity contribution in [1.29, 1.82) is 0 Å². The molecule has 0 saturated heterocycles. The smallest absolute Gasteiger partial charge is 0.341 e. The molecule has 2 rings (SSSR count). The summed E-state index contributed by atoms with van der Waals surface area (Å²) in [6.45, 7) is -0.303. The monoisotopic (exact) mass is 424 g/mol. The molecule has 2 aromatic carbocycles. The predicted octanol–water partition coefficient (Wildman–Crippen LogP) is 3.53. The van der Waals surface area contributed by atoms with Crippen molar-refractivity contribution in [3.63, 3.8) is 0 Å². The molecule has 27 heavy (non-hydrogen) atoms. The van der Waals surface area contributed by atoms with E-state index in [4.69, 9.17) is 11.6 Å². The predicted molar refractivity (Wildman–Crippen MR) is 91.1 cm³/mol. The molecule has 0 heterocycles. The molecule has 0 aliphatic rings. The van der Waals surface area contributed by atoms with Crippen LogP contribution in [-0.2, 0) is 9.84 Å². The van der Waals surface area contributed by atoms with Gasteiger partial charge in [0.1, 0.15) is 11.5 Å². The SMILES string of the molecule is O=[N+]([O-])c1cc(S(=O)(=O)C(F)F)ccc1NCC(O)c1ccc(Cl)c(F)c1. The molecule has 0 amide bonds. The van der Waals surface area contributed by atoms with Gasteiger partial charge in [-0.15, -0.1) is 0 Å². The Hall–Kier alpha value is -2.37. The lowest BCUT2D eigenvalue weighted by atomic mass is 10.1. The first-order valence-electron chi connectivity index (χ1n) is 7.21. The molecule has 0 aliphatic heterocycles. The summed E-state index contributed by atoms with van der Waals surface area (Å²) >= 11 is 5.54. The van der Waals surface area contributed by atoms with Crippen molar-refractivity contribution in [3.05, 3.63) is 62.9 Å². The number of hydrogen-bond acceptors (Lipinski definition) is 6. The van der Waals surface area contributed by atoms with Crippen LogP contribution in [0.5, 0.6) is 0 Å². The van der Waals surface area contributed by atoms with Crippen molar-refractivity contribution < 1.29 is 31.6 Å². The van der Waals surface area contributed by atoms with Crippen molar-refractivity contribution in [2.24, 2.45) is 0 Å². The fourth-order valence-electron chi connectivity index (χ4n) is 2.14. The Morgan fingerprint density at radius 3 is 2.44 bits per heavy atom. The van der Waals surface area contributed by atoms with Gasteiger partial charge in [-0.25, -0.2) is 12.8 Å². The molecule has 7 nitrogen and oxygen atoms in total. The van der Waals surface area contributed by atoms with Gasteiger partial charge in [0.25, 0.3) is 5.69 Å². The summed E-state index contributed by atoms with van der Waals surface area (Å²) < 4.78 is 61.5. The number of alkyl halides is 2. The Morgan fingerprint density at radius 1 is 1.22 bits per heavy atom. The second-order valence-electron chi connectivity index (χ2n) is 5.31. The second kappa shape index (κ2) is 8.11. The Labute approximate surface area is 156 Å². The van der Waals surface area contributed by atoms with Gasteiger partial charge in [0.05, 0.1) is 20.9 Å². The van der Waals surface area contributed by atoms with Gasteiger partial charge >= 0.3 is 5.76 Å². The van der Waals surface area contributed by atoms with Crippen LogP contribution in [0.15, 0.2) is 41.3 Å². The number of nitro benzene ring substituents is 1. The first-order chi connectivity index (χ1) is 12.5. The molecule has 0 saturated carbocycles. The van der Waals surface area contributed by atoms with Crippen LogP contribution in [0.3, 0.4) is 0 Å². The number of nitro groups is 1. The largest absolute Gasteiger partial charge is 0.387 e. The van der Waals surface area contributed by atoms with Gasteiger partial charge in [-0.3, -0.25) is 10.1 Å². The van der Waals surface area contributed by atoms with E-state index in [1.54, 1.807) is 0 Å². The van der Waals surface area contributed by atoms with Crippen molar-refractivity contribution in [1.82, 2.24) is 0 Å². The lowest BCUT2D eigenvalue weighted by Crippen LogP contribution is -2.15. The van der Waals surface area contributed by atoms with E-state index in [1.807, 2.05) is 0 Å². The van der Waals surface area contributed by atoms with Gasteiger partial charge in [-0.05, 0) is 29.8 Å². The summed E-state index contributed by atoms with van der Waals surface area (Å²) in [5.74, 6) is -4.49. The maximum atomic E-state index is 13.4. The third kappa shape index (κ3) is 4.67. The molecule has 146 valence electrons. The average molecular weight is 425 g/mol. The standard InChI is InChI=1S/C15H12ClF3N2O5S/c16-10-3-1-8(5-11(10)17)14(22)7-20-12-4-2-9(6-13(12)21(23)24)27(25,26)15(18)19/h1-6,14-15,20,22H,7H2. The molecule has 0 aliphatic carbocycles. The molecule has 12 heteroatoms. The summed E-state index contributed by atoms with van der Waals surface area (Å²) in [7, 11) is -5.00. The molecule has 1 atom stereocenters. The number of nitrogens with zero attached hydrogens (tertiary/aromatic N) is 1. The van der Waals surface area contributed by atoms with Gasteiger partial charge in [-0.1, -0.05) is 17.7 Å². The van der Waals surface area contributed by atoms with Crippen LogP contribution in [0.25, 0.3) is 0 Å². The minimum atomic E-state index is -5.00. The minimum absolute atomic E-state index is 0.143. The zero-order chi connectivity index (χ0) is 20.4. The Bertz CT molecular complexity index is 972. The lowest BCUT2D eigenvalue weighted by Gasteiger charge is -2.14. The highest BCUT2D eigenvalue weighted by Crippen LogP contribution is 2.30. The van der Waals surface area contributed by atoms with Gasteiger partial charge in [0.2, 0.25) is 9.84 Å². The molecule has 0 radical (unpaired) electrons. The molecule has 1 unspecified atom stereocenters. The van der Waals surface area contributed by atoms with Crippen LogP contribution >= 0.6 is 11.6 Å². The Kier molecular flexibility index (Phi) is 6.29. The van der Waals surface area contributed by atoms with E-state index in [1.165, 1.54) is 12.1 Å². The zero-order valence-electron chi connectivity index (χ0n) is 13.3. The van der Waals surface area contributed by atoms with E-state index in [-0.39, 0.29) is 22.8 Å². The molecule has 2 aromatic rings. The number of aliphatic hydroxyl groups excluding tert-OH is 1. The van der Waals surface area contributed by atoms with Crippen molar-refractivity contribution in [3.8, 4) is 0 Å². The number of benzene rings is 2. The Balaban J connectivity index is 2.25. The number of aliphatic hydroxyl groups is 1. The van der Waals surface area contributed by atoms with Crippen molar-refractivity contribution >= 4 is 32.8 Å². The molecule has 0 bridgehead atoms. The number of anilines is 1. The highest BCUT2D eigenvalue weighted by Gasteiger charge is 2.29. The summed E-state index contributed by atoms with van der Waals surface area (Å²) in [5.41, 5.74) is -0.836. The van der Waals surface area contributed by atoms with E-state index in [9.17, 15) is 36.8 Å². The van der Waals surface area contributed by atoms with E-state index in [2.05, 4.69) is 5.32 Å². The highest BCUT2D eigenvalue weighted by molar-refractivity contribution is 7.91. The number of hydrogen-bond donors (Lipinski definition) is 2. The van der Waals surface area contributed by atoms with E-state index in [0.717, 1.165) is 18.2 Å². The summed E-state index contributed by atoms with van der Waals surface area (Å²) in [6, 6.07) is 5.78. The molecule has 0 fully saturated rings. The minimum Gasteiger partial charge on any atom is -0.387 e. The fraction of sp³-hybridized carbons (Fsp3) is 0.200. The number of halogens is 4. The van der Waals surface area contributed by atoms with Gasteiger partial charge in [0, 0.05) is 12.6 Å². The van der Waals surface area contributed by atoms with Crippen molar-refractivity contribution in [2.45, 2.75) is 16.8 Å². The highest BCUT2D eigenvalue weighted by atomic mass is 35.5. The summed E-state index contributed by atoms with van der Waals surface area (Å²) in [5, 5.41) is 23.5. The lowest BCUT2D eigenvalue weighted by molar-refractivity contribution is -0.384. The average Bonchev–Trinajstić information content (AvgIpc) is 2.61. The maximum Gasteiger partial charge on any atom is 0.341 e. The van der Waals surface area contributed by atoms with Crippen LogP contribution in [-0.4, -0.2) is 30.7 Å². The van der Waals surface area contributed by atoms with E-state index >= 15 is 0 Å². The summed E-state index contributed by atoms with van der Waals surface area (Å²) in [6.07, 6.45) is -1.28. The first-order valence-corrected chi connectivity index (χ1v) is 9.14. The van der Waals surface area contributed by atoms with Gasteiger partial charge in [0.15, 0.2) is 0 Å². The first kappa shape index (κ1) is 20.9. The maximum absolute atomic E-state index is 13.4. The molecular weight excluding hydrogens is 413 g/mol.